The molecule has 1 atom stereocenters. The first-order valence-electron chi connectivity index (χ1n) is 10.6. The number of methoxy groups -OCH3 is 2. The van der Waals surface area contributed by atoms with Gasteiger partial charge in [0.15, 0.2) is 6.61 Å². The molecule has 1 unspecified atom stereocenters. The summed E-state index contributed by atoms with van der Waals surface area (Å²) in [6.45, 7) is 0.605. The van der Waals surface area contributed by atoms with Crippen LogP contribution in [0.3, 0.4) is 0 Å². The quantitative estimate of drug-likeness (QED) is 0.698. The number of rotatable bonds is 8. The molecule has 4 rings (SSSR count). The average molecular weight is 424 g/mol. The zero-order valence-electron chi connectivity index (χ0n) is 17.9. The van der Waals surface area contributed by atoms with Crippen molar-refractivity contribution in [2.45, 2.75) is 31.7 Å². The van der Waals surface area contributed by atoms with Gasteiger partial charge in [0.25, 0.3) is 5.91 Å². The summed E-state index contributed by atoms with van der Waals surface area (Å²) in [6.07, 6.45) is 3.68. The number of hydrogen-bond acceptors (Lipinski definition) is 5. The molecule has 2 fully saturated rings. The second-order valence-corrected chi connectivity index (χ2v) is 7.93. The van der Waals surface area contributed by atoms with Crippen LogP contribution < -0.4 is 19.5 Å². The molecular weight excluding hydrogens is 396 g/mol. The SMILES string of the molecule is COc1ccc(OC)c(C2CCCN2C(=O)COc2cccc(NC(=O)C3CC3)c2)c1. The molecule has 7 nitrogen and oxygen atoms in total. The van der Waals surface area contributed by atoms with Crippen LogP contribution in [-0.4, -0.2) is 44.1 Å². The molecule has 0 radical (unpaired) electrons. The average Bonchev–Trinajstić information content (AvgIpc) is 3.54. The Hall–Kier alpha value is -3.22. The van der Waals surface area contributed by atoms with Crippen molar-refractivity contribution in [1.29, 1.82) is 0 Å². The first-order valence-corrected chi connectivity index (χ1v) is 10.6. The lowest BCUT2D eigenvalue weighted by Crippen LogP contribution is -2.34. The number of carbonyl (C=O) groups is 2. The Bertz CT molecular complexity index is 957. The Kier molecular flexibility index (Phi) is 6.30. The first-order chi connectivity index (χ1) is 15.1. The first kappa shape index (κ1) is 21.0. The van der Waals surface area contributed by atoms with E-state index in [2.05, 4.69) is 5.32 Å². The van der Waals surface area contributed by atoms with Gasteiger partial charge >= 0.3 is 0 Å². The van der Waals surface area contributed by atoms with Gasteiger partial charge in [0.2, 0.25) is 5.91 Å². The molecule has 31 heavy (non-hydrogen) atoms. The number of amides is 2. The summed E-state index contributed by atoms with van der Waals surface area (Å²) in [6, 6.07) is 12.7. The minimum atomic E-state index is -0.0835. The van der Waals surface area contributed by atoms with E-state index in [1.54, 1.807) is 26.4 Å². The summed E-state index contributed by atoms with van der Waals surface area (Å²) in [5.74, 6) is 2.12. The van der Waals surface area contributed by atoms with Crippen LogP contribution in [0.2, 0.25) is 0 Å². The lowest BCUT2D eigenvalue weighted by Gasteiger charge is -2.26. The van der Waals surface area contributed by atoms with Crippen molar-refractivity contribution in [3.8, 4) is 17.2 Å². The molecule has 1 aliphatic carbocycles. The predicted molar refractivity (Wildman–Crippen MR) is 117 cm³/mol. The van der Waals surface area contributed by atoms with Gasteiger partial charge in [-0.2, -0.15) is 0 Å². The molecular formula is C24H28N2O5. The third-order valence-corrected chi connectivity index (χ3v) is 5.78. The lowest BCUT2D eigenvalue weighted by molar-refractivity contribution is -0.134. The fraction of sp³-hybridized carbons (Fsp3) is 0.417. The Morgan fingerprint density at radius 1 is 1.03 bits per heavy atom. The van der Waals surface area contributed by atoms with Crippen molar-refractivity contribution < 1.29 is 23.8 Å². The van der Waals surface area contributed by atoms with Crippen LogP contribution in [0.4, 0.5) is 5.69 Å². The maximum Gasteiger partial charge on any atom is 0.261 e. The lowest BCUT2D eigenvalue weighted by atomic mass is 10.0. The minimum Gasteiger partial charge on any atom is -0.497 e. The number of ether oxygens (including phenoxy) is 3. The Morgan fingerprint density at radius 3 is 2.61 bits per heavy atom. The third kappa shape index (κ3) is 4.93. The zero-order valence-corrected chi connectivity index (χ0v) is 17.9. The van der Waals surface area contributed by atoms with E-state index in [1.165, 1.54) is 0 Å². The molecule has 164 valence electrons. The zero-order chi connectivity index (χ0) is 21.8. The molecule has 0 spiro atoms. The normalized spacial score (nSPS) is 17.9. The second-order valence-electron chi connectivity index (χ2n) is 7.93. The molecule has 1 heterocycles. The number of nitrogens with zero attached hydrogens (tertiary/aromatic N) is 1. The van der Waals surface area contributed by atoms with E-state index in [1.807, 2.05) is 35.2 Å². The van der Waals surface area contributed by atoms with Crippen molar-refractivity contribution in [3.63, 3.8) is 0 Å². The van der Waals surface area contributed by atoms with Gasteiger partial charge < -0.3 is 24.4 Å². The van der Waals surface area contributed by atoms with Crippen LogP contribution >= 0.6 is 0 Å². The number of carbonyl (C=O) groups excluding carboxylic acids is 2. The molecule has 2 aliphatic rings. The van der Waals surface area contributed by atoms with Crippen LogP contribution in [0.15, 0.2) is 42.5 Å². The minimum absolute atomic E-state index is 0.0420. The molecule has 2 amide bonds. The third-order valence-electron chi connectivity index (χ3n) is 5.78. The Balaban J connectivity index is 1.41. The summed E-state index contributed by atoms with van der Waals surface area (Å²) >= 11 is 0. The van der Waals surface area contributed by atoms with Gasteiger partial charge in [-0.25, -0.2) is 0 Å². The molecule has 0 bridgehead atoms. The monoisotopic (exact) mass is 424 g/mol. The van der Waals surface area contributed by atoms with E-state index in [-0.39, 0.29) is 30.4 Å². The Labute approximate surface area is 182 Å². The van der Waals surface area contributed by atoms with Crippen LogP contribution in [0, 0.1) is 5.92 Å². The van der Waals surface area contributed by atoms with Gasteiger partial charge in [-0.15, -0.1) is 0 Å². The highest BCUT2D eigenvalue weighted by atomic mass is 16.5. The molecule has 1 saturated carbocycles. The Morgan fingerprint density at radius 2 is 1.87 bits per heavy atom. The second kappa shape index (κ2) is 9.29. The van der Waals surface area contributed by atoms with Crippen molar-refractivity contribution in [3.05, 3.63) is 48.0 Å². The smallest absolute Gasteiger partial charge is 0.261 e. The molecule has 1 aliphatic heterocycles. The highest BCUT2D eigenvalue weighted by Gasteiger charge is 2.32. The van der Waals surface area contributed by atoms with Gasteiger partial charge in [0.05, 0.1) is 20.3 Å². The molecule has 1 N–H and O–H groups in total. The summed E-state index contributed by atoms with van der Waals surface area (Å²) in [5, 5.41) is 2.90. The maximum atomic E-state index is 13.0. The van der Waals surface area contributed by atoms with Gasteiger partial charge in [-0.1, -0.05) is 6.07 Å². The van der Waals surface area contributed by atoms with Gasteiger partial charge in [-0.3, -0.25) is 9.59 Å². The fourth-order valence-electron chi connectivity index (χ4n) is 3.97. The van der Waals surface area contributed by atoms with E-state index in [0.717, 1.165) is 42.7 Å². The van der Waals surface area contributed by atoms with E-state index in [4.69, 9.17) is 14.2 Å². The van der Waals surface area contributed by atoms with E-state index in [9.17, 15) is 9.59 Å². The standard InChI is InChI=1S/C24H28N2O5/c1-29-18-10-11-22(30-2)20(14-18)21-7-4-12-26(21)23(27)15-31-19-6-3-5-17(13-19)25-24(28)16-8-9-16/h3,5-6,10-11,13-14,16,21H,4,7-9,12,15H2,1-2H3,(H,25,28). The highest BCUT2D eigenvalue weighted by Crippen LogP contribution is 2.39. The molecule has 2 aromatic rings. The van der Waals surface area contributed by atoms with Crippen molar-refractivity contribution in [1.82, 2.24) is 4.90 Å². The van der Waals surface area contributed by atoms with Crippen molar-refractivity contribution in [2.75, 3.05) is 32.7 Å². The van der Waals surface area contributed by atoms with Crippen molar-refractivity contribution >= 4 is 17.5 Å². The number of benzene rings is 2. The molecule has 7 heteroatoms. The predicted octanol–water partition coefficient (Wildman–Crippen LogP) is 3.79. The molecule has 0 aromatic heterocycles. The van der Waals surface area contributed by atoms with E-state index in [0.29, 0.717) is 18.0 Å². The van der Waals surface area contributed by atoms with Gasteiger partial charge in [-0.05, 0) is 56.0 Å². The van der Waals surface area contributed by atoms with Gasteiger partial charge in [0, 0.05) is 29.8 Å². The van der Waals surface area contributed by atoms with Crippen molar-refractivity contribution in [2.24, 2.45) is 5.92 Å². The molecule has 2 aromatic carbocycles. The van der Waals surface area contributed by atoms with Crippen LogP contribution in [-0.2, 0) is 9.59 Å². The number of anilines is 1. The van der Waals surface area contributed by atoms with Gasteiger partial charge in [0.1, 0.15) is 17.2 Å². The van der Waals surface area contributed by atoms with Crippen LogP contribution in [0.5, 0.6) is 17.2 Å². The summed E-state index contributed by atoms with van der Waals surface area (Å²) in [4.78, 5) is 26.8. The largest absolute Gasteiger partial charge is 0.497 e. The summed E-state index contributed by atoms with van der Waals surface area (Å²) in [7, 11) is 3.25. The fourth-order valence-corrected chi connectivity index (χ4v) is 3.97. The number of hydrogen-bond donors (Lipinski definition) is 1. The molecule has 1 saturated heterocycles. The van der Waals surface area contributed by atoms with Crippen LogP contribution in [0.25, 0.3) is 0 Å². The van der Waals surface area contributed by atoms with Crippen LogP contribution in [0.1, 0.15) is 37.3 Å². The highest BCUT2D eigenvalue weighted by molar-refractivity contribution is 5.94. The summed E-state index contributed by atoms with van der Waals surface area (Å²) in [5.41, 5.74) is 1.62. The summed E-state index contributed by atoms with van der Waals surface area (Å²) < 4.78 is 16.6. The maximum absolute atomic E-state index is 13.0. The van der Waals surface area contributed by atoms with E-state index < -0.39 is 0 Å². The number of likely N-dealkylation sites (tertiary alicyclic amines) is 1. The number of nitrogens with one attached hydrogen (secondary N) is 1. The topological polar surface area (TPSA) is 77.1 Å². The van der Waals surface area contributed by atoms with E-state index >= 15 is 0 Å².